The molecule has 9 heteroatoms. The quantitative estimate of drug-likeness (QED) is 0.640. The highest BCUT2D eigenvalue weighted by Crippen LogP contribution is 2.32. The first kappa shape index (κ1) is 18.7. The lowest BCUT2D eigenvalue weighted by Crippen LogP contribution is -2.41. The summed E-state index contributed by atoms with van der Waals surface area (Å²) in [4.78, 5) is 0.526. The smallest absolute Gasteiger partial charge is 0.215 e. The van der Waals surface area contributed by atoms with Crippen LogP contribution >= 0.6 is 11.3 Å². The van der Waals surface area contributed by atoms with Gasteiger partial charge in [-0.1, -0.05) is 6.07 Å². The first-order chi connectivity index (χ1) is 12.3. The third-order valence-corrected chi connectivity index (χ3v) is 6.07. The van der Waals surface area contributed by atoms with Gasteiger partial charge in [-0.2, -0.15) is 0 Å². The molecule has 26 heavy (non-hydrogen) atoms. The van der Waals surface area contributed by atoms with Crippen molar-refractivity contribution in [2.45, 2.75) is 11.4 Å². The highest BCUT2D eigenvalue weighted by Gasteiger charge is 2.35. The number of aliphatic hydroxyl groups is 1. The van der Waals surface area contributed by atoms with Gasteiger partial charge in [-0.15, -0.1) is 11.3 Å². The van der Waals surface area contributed by atoms with Gasteiger partial charge < -0.3 is 9.52 Å². The van der Waals surface area contributed by atoms with E-state index in [2.05, 4.69) is 4.72 Å². The largest absolute Gasteiger partial charge is 0.472 e. The number of sulfonamides is 1. The topological polar surface area (TPSA) is 79.5 Å². The summed E-state index contributed by atoms with van der Waals surface area (Å²) in [5.74, 6) is -2.33. The number of thiophene rings is 1. The van der Waals surface area contributed by atoms with Crippen LogP contribution in [0, 0.1) is 11.6 Å². The molecule has 0 spiro atoms. The van der Waals surface area contributed by atoms with Gasteiger partial charge >= 0.3 is 0 Å². The standard InChI is InChI=1S/C17H15F2NO4S2/c18-14-6-12(7-15(19)8-14)10-26(22,23)20-11-17(21,13-3-4-24-9-13)16-2-1-5-25-16/h1-9,20-21H,10-11H2/t17-/m1/s1. The molecule has 0 radical (unpaired) electrons. The fourth-order valence-corrected chi connectivity index (χ4v) is 4.51. The normalized spacial score (nSPS) is 14.3. The second kappa shape index (κ2) is 7.28. The molecule has 3 aromatic rings. The van der Waals surface area contributed by atoms with E-state index in [0.717, 1.165) is 12.1 Å². The third kappa shape index (κ3) is 4.18. The van der Waals surface area contributed by atoms with Crippen LogP contribution in [0.3, 0.4) is 0 Å². The average molecular weight is 399 g/mol. The van der Waals surface area contributed by atoms with Gasteiger partial charge in [-0.25, -0.2) is 21.9 Å². The van der Waals surface area contributed by atoms with Crippen molar-refractivity contribution in [3.8, 4) is 0 Å². The van der Waals surface area contributed by atoms with Crippen molar-refractivity contribution in [1.29, 1.82) is 0 Å². The number of hydrogen-bond donors (Lipinski definition) is 2. The summed E-state index contributed by atoms with van der Waals surface area (Å²) in [7, 11) is -3.95. The molecule has 0 aliphatic rings. The van der Waals surface area contributed by atoms with Gasteiger partial charge in [-0.3, -0.25) is 0 Å². The van der Waals surface area contributed by atoms with E-state index in [1.807, 2.05) is 0 Å². The van der Waals surface area contributed by atoms with Crippen molar-refractivity contribution in [2.75, 3.05) is 6.54 Å². The lowest BCUT2D eigenvalue weighted by Gasteiger charge is -2.26. The maximum absolute atomic E-state index is 13.2. The maximum Gasteiger partial charge on any atom is 0.215 e. The molecule has 1 aromatic carbocycles. The van der Waals surface area contributed by atoms with Gasteiger partial charge in [0, 0.05) is 23.1 Å². The highest BCUT2D eigenvalue weighted by molar-refractivity contribution is 7.88. The first-order valence-corrected chi connectivity index (χ1v) is 10.0. The van der Waals surface area contributed by atoms with Crippen molar-refractivity contribution in [3.63, 3.8) is 0 Å². The van der Waals surface area contributed by atoms with E-state index in [1.165, 1.54) is 29.9 Å². The summed E-state index contributed by atoms with van der Waals surface area (Å²) in [6, 6.07) is 7.50. The molecule has 0 unspecified atom stereocenters. The molecule has 0 aliphatic carbocycles. The SMILES string of the molecule is O=S(=O)(Cc1cc(F)cc(F)c1)NC[C@@](O)(c1ccoc1)c1cccs1. The zero-order valence-electron chi connectivity index (χ0n) is 13.4. The van der Waals surface area contributed by atoms with Crippen LogP contribution in [-0.4, -0.2) is 20.1 Å². The first-order valence-electron chi connectivity index (χ1n) is 7.50. The average Bonchev–Trinajstić information content (AvgIpc) is 3.25. The number of nitrogens with one attached hydrogen (secondary N) is 1. The van der Waals surface area contributed by atoms with Crippen LogP contribution in [0.25, 0.3) is 0 Å². The minimum absolute atomic E-state index is 0.0297. The van der Waals surface area contributed by atoms with Crippen LogP contribution in [0.5, 0.6) is 0 Å². The molecule has 0 aliphatic heterocycles. The van der Waals surface area contributed by atoms with Crippen LogP contribution in [0.1, 0.15) is 16.0 Å². The molecular weight excluding hydrogens is 384 g/mol. The van der Waals surface area contributed by atoms with E-state index in [-0.39, 0.29) is 12.1 Å². The fraction of sp³-hybridized carbons (Fsp3) is 0.176. The number of rotatable bonds is 7. The molecule has 0 saturated heterocycles. The van der Waals surface area contributed by atoms with E-state index in [0.29, 0.717) is 16.5 Å². The van der Waals surface area contributed by atoms with Crippen LogP contribution in [-0.2, 0) is 21.4 Å². The summed E-state index contributed by atoms with van der Waals surface area (Å²) in [6.45, 7) is -0.354. The van der Waals surface area contributed by atoms with E-state index in [1.54, 1.807) is 17.5 Å². The predicted octanol–water partition coefficient (Wildman–Crippen LogP) is 2.97. The Kier molecular flexibility index (Phi) is 5.24. The summed E-state index contributed by atoms with van der Waals surface area (Å²) in [6.07, 6.45) is 2.70. The summed E-state index contributed by atoms with van der Waals surface area (Å²) in [5.41, 5.74) is -1.26. The molecule has 2 aromatic heterocycles. The lowest BCUT2D eigenvalue weighted by atomic mass is 9.95. The van der Waals surface area contributed by atoms with Crippen molar-refractivity contribution in [2.24, 2.45) is 0 Å². The van der Waals surface area contributed by atoms with E-state index in [9.17, 15) is 22.3 Å². The van der Waals surface area contributed by atoms with Crippen LogP contribution in [0.15, 0.2) is 58.7 Å². The van der Waals surface area contributed by atoms with E-state index < -0.39 is 33.0 Å². The molecule has 0 fully saturated rings. The minimum atomic E-state index is -3.95. The molecule has 2 heterocycles. The third-order valence-electron chi connectivity index (χ3n) is 3.75. The van der Waals surface area contributed by atoms with Gasteiger partial charge in [0.1, 0.15) is 17.2 Å². The molecule has 138 valence electrons. The number of hydrogen-bond acceptors (Lipinski definition) is 5. The zero-order valence-corrected chi connectivity index (χ0v) is 15.0. The summed E-state index contributed by atoms with van der Waals surface area (Å²) >= 11 is 1.26. The van der Waals surface area contributed by atoms with Crippen LogP contribution in [0.4, 0.5) is 8.78 Å². The number of furan rings is 1. The van der Waals surface area contributed by atoms with Crippen molar-refractivity contribution in [3.05, 3.63) is 81.9 Å². The fourth-order valence-electron chi connectivity index (χ4n) is 2.52. The Morgan fingerprint density at radius 2 is 1.92 bits per heavy atom. The minimum Gasteiger partial charge on any atom is -0.472 e. The molecular formula is C17H15F2NO4S2. The Morgan fingerprint density at radius 1 is 1.19 bits per heavy atom. The molecule has 2 N–H and O–H groups in total. The predicted molar refractivity (Wildman–Crippen MR) is 93.0 cm³/mol. The number of halogens is 2. The summed E-state index contributed by atoms with van der Waals surface area (Å²) in [5, 5.41) is 12.8. The van der Waals surface area contributed by atoms with Crippen molar-refractivity contribution < 1.29 is 26.7 Å². The second-order valence-corrected chi connectivity index (χ2v) is 8.46. The van der Waals surface area contributed by atoms with Crippen LogP contribution < -0.4 is 4.72 Å². The monoisotopic (exact) mass is 399 g/mol. The zero-order chi connectivity index (χ0) is 18.8. The van der Waals surface area contributed by atoms with Gasteiger partial charge in [0.2, 0.25) is 10.0 Å². The van der Waals surface area contributed by atoms with Gasteiger partial charge in [0.25, 0.3) is 0 Å². The molecule has 3 rings (SSSR count). The van der Waals surface area contributed by atoms with Gasteiger partial charge in [0.15, 0.2) is 0 Å². The Morgan fingerprint density at radius 3 is 2.50 bits per heavy atom. The van der Waals surface area contributed by atoms with Gasteiger partial charge in [-0.05, 0) is 35.2 Å². The van der Waals surface area contributed by atoms with E-state index in [4.69, 9.17) is 4.42 Å². The van der Waals surface area contributed by atoms with Crippen LogP contribution in [0.2, 0.25) is 0 Å². The highest BCUT2D eigenvalue weighted by atomic mass is 32.2. The Bertz CT molecular complexity index is 916. The Balaban J connectivity index is 1.80. The van der Waals surface area contributed by atoms with Crippen molar-refractivity contribution >= 4 is 21.4 Å². The summed E-state index contributed by atoms with van der Waals surface area (Å²) < 4.78 is 58.4. The maximum atomic E-state index is 13.2. The lowest BCUT2D eigenvalue weighted by molar-refractivity contribution is 0.0891. The molecule has 5 nitrogen and oxygen atoms in total. The molecule has 0 saturated carbocycles. The van der Waals surface area contributed by atoms with E-state index >= 15 is 0 Å². The Hall–Kier alpha value is -2.07. The molecule has 0 bridgehead atoms. The molecule has 1 atom stereocenters. The van der Waals surface area contributed by atoms with Crippen molar-refractivity contribution in [1.82, 2.24) is 4.72 Å². The number of benzene rings is 1. The molecule has 0 amide bonds. The Labute approximate surface area is 153 Å². The second-order valence-electron chi connectivity index (χ2n) is 5.71. The van der Waals surface area contributed by atoms with Gasteiger partial charge in [0.05, 0.1) is 18.3 Å².